The van der Waals surface area contributed by atoms with Crippen LogP contribution in [-0.2, 0) is 12.3 Å². The molecule has 0 N–H and O–H groups in total. The van der Waals surface area contributed by atoms with E-state index in [0.717, 1.165) is 37.2 Å². The van der Waals surface area contributed by atoms with Gasteiger partial charge in [0.15, 0.2) is 0 Å². The van der Waals surface area contributed by atoms with Gasteiger partial charge in [-0.3, -0.25) is 0 Å². The van der Waals surface area contributed by atoms with Gasteiger partial charge in [0, 0.05) is 0 Å². The molecule has 3 rings (SSSR count). The van der Waals surface area contributed by atoms with E-state index in [0.29, 0.717) is 18.1 Å². The van der Waals surface area contributed by atoms with E-state index in [1.165, 1.54) is 25.0 Å². The summed E-state index contributed by atoms with van der Waals surface area (Å²) in [4.78, 5) is 0. The molecule has 0 bridgehead atoms. The molecule has 0 aromatic heterocycles. The quantitative estimate of drug-likeness (QED) is 0.421. The normalized spacial score (nSPS) is 20.2. The van der Waals surface area contributed by atoms with Crippen LogP contribution in [-0.4, -0.2) is 0 Å². The molecule has 1 fully saturated rings. The zero-order chi connectivity index (χ0) is 21.9. The molecule has 0 amide bonds. The molecule has 2 aromatic carbocycles. The fourth-order valence-electron chi connectivity index (χ4n) is 4.13. The minimum atomic E-state index is -4.95. The highest BCUT2D eigenvalue weighted by atomic mass is 19.4. The molecule has 1 nitrogen and oxygen atoms in total. The van der Waals surface area contributed by atoms with Gasteiger partial charge in [0.05, 0.1) is 11.1 Å². The molecule has 0 saturated heterocycles. The molecule has 30 heavy (non-hydrogen) atoms. The van der Waals surface area contributed by atoms with Crippen LogP contribution in [0.2, 0.25) is 0 Å². The highest BCUT2D eigenvalue weighted by Crippen LogP contribution is 2.39. The second-order valence-corrected chi connectivity index (χ2v) is 7.89. The molecular formula is C23H24F6O. The highest BCUT2D eigenvalue weighted by molar-refractivity contribution is 5.32. The molecule has 2 aromatic rings. The number of rotatable bonds is 6. The third-order valence-corrected chi connectivity index (χ3v) is 5.75. The van der Waals surface area contributed by atoms with Crippen LogP contribution >= 0.6 is 0 Å². The molecule has 0 heterocycles. The standard InChI is InChI=1S/C23H24F6O/c1-2-3-15-4-6-16(7-5-15)17-8-11-19(12-9-17)30-23(28,29)18-10-13-20(21(24)14-18)22(25,26)27/h8-16H,2-7H2,1H3. The Bertz CT molecular complexity index is 836. The molecule has 1 aliphatic rings. The van der Waals surface area contributed by atoms with Gasteiger partial charge >= 0.3 is 12.3 Å². The molecule has 0 radical (unpaired) electrons. The summed E-state index contributed by atoms with van der Waals surface area (Å²) in [6.45, 7) is 2.18. The fourth-order valence-corrected chi connectivity index (χ4v) is 4.13. The molecule has 0 aliphatic heterocycles. The van der Waals surface area contributed by atoms with Gasteiger partial charge in [0.25, 0.3) is 0 Å². The Morgan fingerprint density at radius 3 is 2.07 bits per heavy atom. The maximum absolute atomic E-state index is 14.4. The summed E-state index contributed by atoms with van der Waals surface area (Å²) in [7, 11) is 0. The predicted molar refractivity (Wildman–Crippen MR) is 102 cm³/mol. The van der Waals surface area contributed by atoms with Crippen molar-refractivity contribution in [3.8, 4) is 5.75 Å². The van der Waals surface area contributed by atoms with Crippen molar-refractivity contribution in [2.45, 2.75) is 63.7 Å². The summed E-state index contributed by atoms with van der Waals surface area (Å²) in [5.41, 5.74) is -1.52. The summed E-state index contributed by atoms with van der Waals surface area (Å²) in [6.07, 6.45) is -2.06. The molecule has 164 valence electrons. The van der Waals surface area contributed by atoms with Crippen molar-refractivity contribution < 1.29 is 31.1 Å². The number of halogens is 6. The highest BCUT2D eigenvalue weighted by Gasteiger charge is 2.39. The van der Waals surface area contributed by atoms with Crippen LogP contribution in [0.25, 0.3) is 0 Å². The molecular weight excluding hydrogens is 406 g/mol. The molecule has 0 atom stereocenters. The van der Waals surface area contributed by atoms with Crippen molar-refractivity contribution in [2.24, 2.45) is 5.92 Å². The average molecular weight is 430 g/mol. The first kappa shape index (κ1) is 22.5. The van der Waals surface area contributed by atoms with Crippen molar-refractivity contribution in [3.05, 3.63) is 65.0 Å². The summed E-state index contributed by atoms with van der Waals surface area (Å²) in [6, 6.07) is 7.29. The van der Waals surface area contributed by atoms with Crippen molar-refractivity contribution in [1.82, 2.24) is 0 Å². The monoisotopic (exact) mass is 430 g/mol. The lowest BCUT2D eigenvalue weighted by Gasteiger charge is -2.28. The SMILES string of the molecule is CCCC1CCC(c2ccc(OC(F)(F)c3ccc(C(F)(F)F)c(F)c3)cc2)CC1. The van der Waals surface area contributed by atoms with Gasteiger partial charge < -0.3 is 4.74 Å². The minimum absolute atomic E-state index is 0.135. The second-order valence-electron chi connectivity index (χ2n) is 7.89. The largest absolute Gasteiger partial charge is 0.429 e. The maximum atomic E-state index is 14.4. The Balaban J connectivity index is 1.67. The van der Waals surface area contributed by atoms with Crippen LogP contribution in [0.15, 0.2) is 42.5 Å². The van der Waals surface area contributed by atoms with E-state index in [-0.39, 0.29) is 11.8 Å². The molecule has 1 aliphatic carbocycles. The van der Waals surface area contributed by atoms with E-state index in [1.54, 1.807) is 12.1 Å². The Hall–Kier alpha value is -2.18. The summed E-state index contributed by atoms with van der Waals surface area (Å²) in [5, 5.41) is 0. The van der Waals surface area contributed by atoms with Gasteiger partial charge in [-0.1, -0.05) is 31.9 Å². The van der Waals surface area contributed by atoms with Crippen LogP contribution in [0.3, 0.4) is 0 Å². The third kappa shape index (κ3) is 5.29. The lowest BCUT2D eigenvalue weighted by Crippen LogP contribution is -2.23. The lowest BCUT2D eigenvalue weighted by atomic mass is 9.77. The van der Waals surface area contributed by atoms with E-state index in [2.05, 4.69) is 11.7 Å². The Morgan fingerprint density at radius 2 is 1.53 bits per heavy atom. The zero-order valence-corrected chi connectivity index (χ0v) is 16.6. The van der Waals surface area contributed by atoms with E-state index < -0.39 is 29.2 Å². The van der Waals surface area contributed by atoms with Crippen LogP contribution in [0, 0.1) is 11.7 Å². The van der Waals surface area contributed by atoms with Gasteiger partial charge in [0.1, 0.15) is 11.6 Å². The van der Waals surface area contributed by atoms with Crippen molar-refractivity contribution in [1.29, 1.82) is 0 Å². The van der Waals surface area contributed by atoms with E-state index in [4.69, 9.17) is 0 Å². The molecule has 1 saturated carbocycles. The van der Waals surface area contributed by atoms with Gasteiger partial charge in [-0.05, 0) is 73.4 Å². The summed E-state index contributed by atoms with van der Waals surface area (Å²) < 4.78 is 84.9. The number of hydrogen-bond acceptors (Lipinski definition) is 1. The maximum Gasteiger partial charge on any atom is 0.426 e. The molecule has 0 spiro atoms. The van der Waals surface area contributed by atoms with Gasteiger partial charge in [-0.25, -0.2) is 4.39 Å². The van der Waals surface area contributed by atoms with Gasteiger partial charge in [-0.2, -0.15) is 22.0 Å². The Kier molecular flexibility index (Phi) is 6.68. The fraction of sp³-hybridized carbons (Fsp3) is 0.478. The van der Waals surface area contributed by atoms with E-state index in [9.17, 15) is 26.3 Å². The Morgan fingerprint density at radius 1 is 0.900 bits per heavy atom. The van der Waals surface area contributed by atoms with Crippen LogP contribution in [0.1, 0.15) is 68.1 Å². The van der Waals surface area contributed by atoms with Crippen LogP contribution in [0.4, 0.5) is 26.3 Å². The minimum Gasteiger partial charge on any atom is -0.429 e. The number of ether oxygens (including phenoxy) is 1. The molecule has 0 unspecified atom stereocenters. The van der Waals surface area contributed by atoms with Crippen molar-refractivity contribution in [3.63, 3.8) is 0 Å². The number of benzene rings is 2. The smallest absolute Gasteiger partial charge is 0.426 e. The van der Waals surface area contributed by atoms with Gasteiger partial charge in [-0.15, -0.1) is 0 Å². The lowest BCUT2D eigenvalue weighted by molar-refractivity contribution is -0.186. The summed E-state index contributed by atoms with van der Waals surface area (Å²) in [5.74, 6) is -0.755. The first-order valence-corrected chi connectivity index (χ1v) is 10.1. The second kappa shape index (κ2) is 8.90. The first-order chi connectivity index (χ1) is 14.1. The zero-order valence-electron chi connectivity index (χ0n) is 16.6. The van der Waals surface area contributed by atoms with Crippen LogP contribution < -0.4 is 4.74 Å². The topological polar surface area (TPSA) is 9.23 Å². The number of hydrogen-bond donors (Lipinski definition) is 0. The van der Waals surface area contributed by atoms with E-state index >= 15 is 0 Å². The predicted octanol–water partition coefficient (Wildman–Crippen LogP) is 8.05. The summed E-state index contributed by atoms with van der Waals surface area (Å²) >= 11 is 0. The average Bonchev–Trinajstić information content (AvgIpc) is 2.68. The molecule has 7 heteroatoms. The Labute approximate surface area is 172 Å². The van der Waals surface area contributed by atoms with Crippen molar-refractivity contribution >= 4 is 0 Å². The van der Waals surface area contributed by atoms with Crippen LogP contribution in [0.5, 0.6) is 5.75 Å². The van der Waals surface area contributed by atoms with Gasteiger partial charge in [0.2, 0.25) is 0 Å². The van der Waals surface area contributed by atoms with E-state index in [1.807, 2.05) is 0 Å². The number of alkyl halides is 5. The van der Waals surface area contributed by atoms with Crippen molar-refractivity contribution in [2.75, 3.05) is 0 Å². The first-order valence-electron chi connectivity index (χ1n) is 10.1. The third-order valence-electron chi connectivity index (χ3n) is 5.75.